The standard InChI is InChI=1S/C45H30.C43H30/c1-45(2)38-24-22-30(25-37(38)44-36-23-21-29-14-10-13-28-19-20-31(26-39(44)45)43(36)40(28)29)42-34-17-8-6-15-32(34)41(27-11-4-3-5-12-27)33-16-7-9-18-35(33)42;1-43(2)39-23-22-30(24-37(39)38-26-36-29(25-40(38)43)21-20-27-12-6-7-15-31(27)36)42-34-18-10-8-16-32(34)41(28-13-4-3-5-14-28)33-17-9-11-19-35(33)42/h3-26H,1-2H3;3-26H,1-2H3. The van der Waals surface area contributed by atoms with Crippen LogP contribution in [0.4, 0.5) is 0 Å². The summed E-state index contributed by atoms with van der Waals surface area (Å²) in [6, 6.07) is 109. The third-order valence-electron chi connectivity index (χ3n) is 20.4. The molecular weight excluding hydrogens is 1060 g/mol. The molecule has 0 radical (unpaired) electrons. The second-order valence-electron chi connectivity index (χ2n) is 25.7. The van der Waals surface area contributed by atoms with Crippen LogP contribution in [0.15, 0.2) is 291 Å². The van der Waals surface area contributed by atoms with Gasteiger partial charge in [0.2, 0.25) is 0 Å². The van der Waals surface area contributed by atoms with Crippen LogP contribution < -0.4 is 0 Å². The minimum absolute atomic E-state index is 0.0651. The maximum Gasteiger partial charge on any atom is 0.0159 e. The average Bonchev–Trinajstić information content (AvgIpc) is 1.56. The summed E-state index contributed by atoms with van der Waals surface area (Å²) < 4.78 is 0. The van der Waals surface area contributed by atoms with Crippen LogP contribution in [0.2, 0.25) is 0 Å². The van der Waals surface area contributed by atoms with Gasteiger partial charge in [-0.15, -0.1) is 0 Å². The minimum Gasteiger partial charge on any atom is -0.0622 e. The maximum absolute atomic E-state index is 2.50. The predicted molar refractivity (Wildman–Crippen MR) is 378 cm³/mol. The smallest absolute Gasteiger partial charge is 0.0159 e. The fourth-order valence-corrected chi connectivity index (χ4v) is 16.3. The van der Waals surface area contributed by atoms with Crippen molar-refractivity contribution in [3.8, 4) is 66.8 Å². The second kappa shape index (κ2) is 18.9. The average molecular weight is 1120 g/mol. The summed E-state index contributed by atoms with van der Waals surface area (Å²) >= 11 is 0. The summed E-state index contributed by atoms with van der Waals surface area (Å²) in [7, 11) is 0. The maximum atomic E-state index is 2.50. The molecule has 0 fully saturated rings. The molecule has 0 amide bonds. The van der Waals surface area contributed by atoms with Gasteiger partial charge in [0, 0.05) is 10.8 Å². The van der Waals surface area contributed by atoms with Crippen LogP contribution in [0.5, 0.6) is 0 Å². The first kappa shape index (κ1) is 50.6. The van der Waals surface area contributed by atoms with Crippen LogP contribution in [0.3, 0.4) is 0 Å². The first-order valence-electron chi connectivity index (χ1n) is 31.1. The normalized spacial score (nSPS) is 13.6. The van der Waals surface area contributed by atoms with Gasteiger partial charge in [0.1, 0.15) is 0 Å². The summed E-state index contributed by atoms with van der Waals surface area (Å²) in [5, 5.41) is 23.7. The summed E-state index contributed by atoms with van der Waals surface area (Å²) in [6.07, 6.45) is 0. The van der Waals surface area contributed by atoms with Crippen LogP contribution in [-0.4, -0.2) is 0 Å². The molecule has 2 aliphatic carbocycles. The molecule has 2 aliphatic rings. The van der Waals surface area contributed by atoms with E-state index in [0.29, 0.717) is 0 Å². The summed E-state index contributed by atoms with van der Waals surface area (Å²) in [6.45, 7) is 9.55. The minimum atomic E-state index is -0.0883. The van der Waals surface area contributed by atoms with Gasteiger partial charge in [-0.2, -0.15) is 0 Å². The van der Waals surface area contributed by atoms with Gasteiger partial charge >= 0.3 is 0 Å². The van der Waals surface area contributed by atoms with Crippen LogP contribution in [0.25, 0.3) is 164 Å². The number of hydrogen-bond donors (Lipinski definition) is 0. The Balaban J connectivity index is 0.000000132. The lowest BCUT2D eigenvalue weighted by Gasteiger charge is -2.23. The van der Waals surface area contributed by atoms with Gasteiger partial charge in [0.05, 0.1) is 0 Å². The van der Waals surface area contributed by atoms with E-state index in [2.05, 4.69) is 319 Å². The van der Waals surface area contributed by atoms with Crippen molar-refractivity contribution in [3.05, 3.63) is 313 Å². The Hall–Kier alpha value is -10.7. The van der Waals surface area contributed by atoms with Gasteiger partial charge in [0.15, 0.2) is 0 Å². The van der Waals surface area contributed by atoms with E-state index in [1.165, 1.54) is 186 Å². The predicted octanol–water partition coefficient (Wildman–Crippen LogP) is 24.5. The van der Waals surface area contributed by atoms with Crippen molar-refractivity contribution in [2.75, 3.05) is 0 Å². The highest BCUT2D eigenvalue weighted by molar-refractivity contribution is 6.28. The number of fused-ring (bicyclic) bond motifs is 14. The first-order valence-corrected chi connectivity index (χ1v) is 31.1. The summed E-state index contributed by atoms with van der Waals surface area (Å²) in [5.41, 5.74) is 21.3. The zero-order chi connectivity index (χ0) is 58.6. The van der Waals surface area contributed by atoms with E-state index in [1.807, 2.05) is 0 Å². The lowest BCUT2D eigenvalue weighted by molar-refractivity contribution is 0.661. The molecule has 0 nitrogen and oxygen atoms in total. The van der Waals surface area contributed by atoms with E-state index in [4.69, 9.17) is 0 Å². The van der Waals surface area contributed by atoms with Crippen molar-refractivity contribution in [2.24, 2.45) is 0 Å². The Morgan fingerprint density at radius 3 is 1.09 bits per heavy atom. The van der Waals surface area contributed by atoms with E-state index in [1.54, 1.807) is 0 Å². The molecule has 0 N–H and O–H groups in total. The number of benzene rings is 17. The summed E-state index contributed by atoms with van der Waals surface area (Å²) in [5.74, 6) is 0. The molecule has 19 rings (SSSR count). The third kappa shape index (κ3) is 7.27. The van der Waals surface area contributed by atoms with Crippen molar-refractivity contribution in [1.29, 1.82) is 0 Å². The van der Waals surface area contributed by atoms with Gasteiger partial charge in [-0.3, -0.25) is 0 Å². The molecule has 0 spiro atoms. The molecule has 88 heavy (non-hydrogen) atoms. The Kier molecular flexibility index (Phi) is 10.9. The Labute approximate surface area is 512 Å². The third-order valence-corrected chi connectivity index (χ3v) is 20.4. The van der Waals surface area contributed by atoms with Crippen molar-refractivity contribution in [1.82, 2.24) is 0 Å². The molecule has 0 aromatic heterocycles. The molecule has 0 aliphatic heterocycles. The van der Waals surface area contributed by atoms with Gasteiger partial charge in [-0.1, -0.05) is 289 Å². The Morgan fingerprint density at radius 1 is 0.182 bits per heavy atom. The molecule has 17 aromatic rings. The molecule has 0 bridgehead atoms. The largest absolute Gasteiger partial charge is 0.0622 e. The molecule has 0 atom stereocenters. The van der Waals surface area contributed by atoms with E-state index in [9.17, 15) is 0 Å². The highest BCUT2D eigenvalue weighted by Crippen LogP contribution is 2.57. The monoisotopic (exact) mass is 1120 g/mol. The summed E-state index contributed by atoms with van der Waals surface area (Å²) in [4.78, 5) is 0. The Morgan fingerprint density at radius 2 is 0.557 bits per heavy atom. The SMILES string of the molecule is CC1(C)c2ccc(-c3c4ccccc4c(-c4ccccc4)c4ccccc34)cc2-c2c1cc1ccc3cccc4ccc2c1c34.CC1(C)c2ccc(-c3c4ccccc4c(-c4ccccc4)c4ccccc34)cc2-c2cc3c(ccc4ccccc43)cc21. The van der Waals surface area contributed by atoms with E-state index < -0.39 is 0 Å². The number of rotatable bonds is 4. The Bertz CT molecular complexity index is 5650. The second-order valence-corrected chi connectivity index (χ2v) is 25.7. The van der Waals surface area contributed by atoms with Gasteiger partial charge in [-0.25, -0.2) is 0 Å². The van der Waals surface area contributed by atoms with Crippen molar-refractivity contribution < 1.29 is 0 Å². The van der Waals surface area contributed by atoms with Crippen LogP contribution in [-0.2, 0) is 10.8 Å². The molecule has 17 aromatic carbocycles. The molecule has 0 heterocycles. The van der Waals surface area contributed by atoms with E-state index in [-0.39, 0.29) is 10.8 Å². The van der Waals surface area contributed by atoms with Crippen molar-refractivity contribution >= 4 is 97.0 Å². The van der Waals surface area contributed by atoms with Gasteiger partial charge in [-0.05, 0) is 216 Å². The van der Waals surface area contributed by atoms with Crippen molar-refractivity contribution in [2.45, 2.75) is 38.5 Å². The molecule has 0 saturated carbocycles. The lowest BCUT2D eigenvalue weighted by atomic mass is 9.80. The number of hydrogen-bond acceptors (Lipinski definition) is 0. The lowest BCUT2D eigenvalue weighted by Crippen LogP contribution is -2.15. The fourth-order valence-electron chi connectivity index (χ4n) is 16.3. The highest BCUT2D eigenvalue weighted by atomic mass is 14.4. The zero-order valence-electron chi connectivity index (χ0n) is 49.7. The van der Waals surface area contributed by atoms with E-state index >= 15 is 0 Å². The molecule has 0 saturated heterocycles. The van der Waals surface area contributed by atoms with Gasteiger partial charge < -0.3 is 0 Å². The molecule has 412 valence electrons. The van der Waals surface area contributed by atoms with Crippen LogP contribution in [0, 0.1) is 0 Å². The van der Waals surface area contributed by atoms with Crippen LogP contribution >= 0.6 is 0 Å². The quantitative estimate of drug-likeness (QED) is 0.122. The van der Waals surface area contributed by atoms with E-state index in [0.717, 1.165) is 0 Å². The van der Waals surface area contributed by atoms with Crippen molar-refractivity contribution in [3.63, 3.8) is 0 Å². The highest BCUT2D eigenvalue weighted by Gasteiger charge is 2.39. The molecule has 0 unspecified atom stereocenters. The molecular formula is C88H60. The first-order chi connectivity index (χ1) is 43.2. The fraction of sp³-hybridized carbons (Fsp3) is 0.0682. The molecule has 0 heteroatoms. The van der Waals surface area contributed by atoms with Gasteiger partial charge in [0.25, 0.3) is 0 Å². The topological polar surface area (TPSA) is 0 Å². The zero-order valence-corrected chi connectivity index (χ0v) is 49.7. The van der Waals surface area contributed by atoms with Crippen LogP contribution in [0.1, 0.15) is 49.9 Å².